The number of nitrogens with one attached hydrogen (secondary N) is 2. The van der Waals surface area contributed by atoms with E-state index >= 15 is 0 Å². The van der Waals surface area contributed by atoms with E-state index in [1.807, 2.05) is 48.5 Å². The molecule has 0 spiro atoms. The van der Waals surface area contributed by atoms with Crippen LogP contribution in [0.15, 0.2) is 97.1 Å². The van der Waals surface area contributed by atoms with E-state index in [0.717, 1.165) is 48.6 Å². The van der Waals surface area contributed by atoms with Gasteiger partial charge in [-0.1, -0.05) is 48.5 Å². The Kier molecular flexibility index (Phi) is 12.1. The quantitative estimate of drug-likeness (QED) is 0.0757. The Balaban J connectivity index is 1.06. The van der Waals surface area contributed by atoms with Gasteiger partial charge < -0.3 is 35.8 Å². The Morgan fingerprint density at radius 2 is 1.56 bits per heavy atom. The molecule has 2 saturated heterocycles. The van der Waals surface area contributed by atoms with E-state index in [0.29, 0.717) is 36.4 Å². The molecule has 3 atom stereocenters. The number of non-ortho nitro benzene ring substituents is 1. The molecule has 0 aromatic heterocycles. The van der Waals surface area contributed by atoms with Gasteiger partial charge in [0.15, 0.2) is 6.29 Å². The number of rotatable bonds is 13. The molecular formula is C39H44N6O7. The second kappa shape index (κ2) is 17.2. The van der Waals surface area contributed by atoms with Crippen molar-refractivity contribution in [3.05, 3.63) is 124 Å². The van der Waals surface area contributed by atoms with Crippen molar-refractivity contribution in [2.24, 2.45) is 0 Å². The number of nitrogen functional groups attached to an aromatic ring is 1. The van der Waals surface area contributed by atoms with Gasteiger partial charge in [-0.05, 0) is 53.9 Å². The average Bonchev–Trinajstić information content (AvgIpc) is 3.16. The van der Waals surface area contributed by atoms with Crippen molar-refractivity contribution < 1.29 is 29.1 Å². The molecule has 13 nitrogen and oxygen atoms in total. The van der Waals surface area contributed by atoms with Crippen LogP contribution in [-0.4, -0.2) is 65.6 Å². The number of para-hydroxylation sites is 2. The normalized spacial score (nSPS) is 19.2. The lowest BCUT2D eigenvalue weighted by atomic mass is 9.99. The average molecular weight is 709 g/mol. The molecule has 13 heteroatoms. The fraction of sp³-hybridized carbons (Fsp3) is 0.333. The molecule has 0 aliphatic carbocycles. The van der Waals surface area contributed by atoms with Gasteiger partial charge in [0.1, 0.15) is 0 Å². The van der Waals surface area contributed by atoms with Gasteiger partial charge in [-0.2, -0.15) is 0 Å². The molecule has 0 bridgehead atoms. The first-order chi connectivity index (χ1) is 25.2. The molecule has 0 unspecified atom stereocenters. The summed E-state index contributed by atoms with van der Waals surface area (Å²) in [6.07, 6.45) is 0.270. The number of nitrogens with two attached hydrogens (primary N) is 1. The first kappa shape index (κ1) is 36.5. The molecule has 2 aliphatic heterocycles. The third-order valence-electron chi connectivity index (χ3n) is 9.36. The van der Waals surface area contributed by atoms with Crippen molar-refractivity contribution in [2.75, 3.05) is 54.0 Å². The zero-order chi connectivity index (χ0) is 36.5. The van der Waals surface area contributed by atoms with Crippen molar-refractivity contribution in [3.8, 4) is 0 Å². The van der Waals surface area contributed by atoms with E-state index in [9.17, 15) is 24.8 Å². The Morgan fingerprint density at radius 3 is 2.25 bits per heavy atom. The standard InChI is InChI=1S/C39H44N6O7/c40-34-7-1-2-8-35(34)42-38(48)10-4-9-37(47)41-30-6-3-5-29(23-30)39-51-33(24-36(52-39)28-13-11-27(26-46)12-14-28)25-43-19-21-44(22-20-43)31-15-17-32(18-16-31)45(49)50/h1-3,5-8,11-18,23,33,36,39,46H,4,9-10,19-22,24-26,40H2,(H,41,47)(H,42,48)/t33-,36+,39+/m0/s1. The number of amides is 2. The van der Waals surface area contributed by atoms with Crippen LogP contribution in [0.4, 0.5) is 28.4 Å². The summed E-state index contributed by atoms with van der Waals surface area (Å²) in [5, 5.41) is 26.4. The van der Waals surface area contributed by atoms with Crippen LogP contribution >= 0.6 is 0 Å². The summed E-state index contributed by atoms with van der Waals surface area (Å²) < 4.78 is 13.1. The minimum absolute atomic E-state index is 0.0411. The number of piperazine rings is 1. The van der Waals surface area contributed by atoms with E-state index < -0.39 is 6.29 Å². The number of benzene rings is 4. The fourth-order valence-electron chi connectivity index (χ4n) is 6.51. The summed E-state index contributed by atoms with van der Waals surface area (Å²) in [6.45, 7) is 3.83. The van der Waals surface area contributed by atoms with Crippen LogP contribution in [0, 0.1) is 10.1 Å². The molecule has 0 saturated carbocycles. The van der Waals surface area contributed by atoms with E-state index in [1.54, 1.807) is 36.4 Å². The number of aliphatic hydroxyl groups excluding tert-OH is 1. The number of aliphatic hydroxyl groups is 1. The summed E-state index contributed by atoms with van der Waals surface area (Å²) >= 11 is 0. The minimum Gasteiger partial charge on any atom is -0.397 e. The number of carbonyl (C=O) groups excluding carboxylic acids is 2. The van der Waals surface area contributed by atoms with Crippen molar-refractivity contribution >= 4 is 40.3 Å². The third-order valence-corrected chi connectivity index (χ3v) is 9.36. The maximum Gasteiger partial charge on any atom is 0.269 e. The summed E-state index contributed by atoms with van der Waals surface area (Å²) in [5.41, 5.74) is 11.2. The fourth-order valence-corrected chi connectivity index (χ4v) is 6.51. The number of ether oxygens (including phenoxy) is 2. The van der Waals surface area contributed by atoms with Gasteiger partial charge in [-0.3, -0.25) is 24.6 Å². The molecule has 2 heterocycles. The number of nitro groups is 1. The zero-order valence-corrected chi connectivity index (χ0v) is 28.9. The highest BCUT2D eigenvalue weighted by atomic mass is 16.7. The van der Waals surface area contributed by atoms with Crippen LogP contribution in [0.2, 0.25) is 0 Å². The van der Waals surface area contributed by atoms with Crippen LogP contribution in [-0.2, 0) is 25.7 Å². The van der Waals surface area contributed by atoms with Gasteiger partial charge in [0, 0.05) is 81.1 Å². The molecule has 2 amide bonds. The number of hydrogen-bond donors (Lipinski definition) is 4. The molecule has 2 fully saturated rings. The molecular weight excluding hydrogens is 664 g/mol. The second-order valence-corrected chi connectivity index (χ2v) is 13.1. The highest BCUT2D eigenvalue weighted by molar-refractivity contribution is 5.94. The van der Waals surface area contributed by atoms with E-state index in [1.165, 1.54) is 12.1 Å². The maximum atomic E-state index is 12.8. The van der Waals surface area contributed by atoms with E-state index in [2.05, 4.69) is 20.4 Å². The number of carbonyl (C=O) groups is 2. The second-order valence-electron chi connectivity index (χ2n) is 13.1. The predicted molar refractivity (Wildman–Crippen MR) is 199 cm³/mol. The highest BCUT2D eigenvalue weighted by Crippen LogP contribution is 2.39. The van der Waals surface area contributed by atoms with Crippen LogP contribution in [0.1, 0.15) is 54.8 Å². The van der Waals surface area contributed by atoms with Gasteiger partial charge in [0.2, 0.25) is 11.8 Å². The largest absolute Gasteiger partial charge is 0.397 e. The zero-order valence-electron chi connectivity index (χ0n) is 28.9. The molecule has 4 aromatic rings. The van der Waals surface area contributed by atoms with Gasteiger partial charge in [-0.15, -0.1) is 0 Å². The Bertz CT molecular complexity index is 1830. The van der Waals surface area contributed by atoms with Gasteiger partial charge in [0.25, 0.3) is 5.69 Å². The topological polar surface area (TPSA) is 173 Å². The summed E-state index contributed by atoms with van der Waals surface area (Å²) in [6, 6.07) is 28.9. The summed E-state index contributed by atoms with van der Waals surface area (Å²) in [4.78, 5) is 40.5. The molecule has 5 N–H and O–H groups in total. The lowest BCUT2D eigenvalue weighted by Gasteiger charge is -2.41. The molecule has 0 radical (unpaired) electrons. The first-order valence-corrected chi connectivity index (χ1v) is 17.5. The monoisotopic (exact) mass is 708 g/mol. The van der Waals surface area contributed by atoms with Gasteiger partial charge >= 0.3 is 0 Å². The van der Waals surface area contributed by atoms with Crippen molar-refractivity contribution in [1.29, 1.82) is 0 Å². The van der Waals surface area contributed by atoms with Crippen LogP contribution < -0.4 is 21.3 Å². The van der Waals surface area contributed by atoms with Gasteiger partial charge in [-0.25, -0.2) is 0 Å². The summed E-state index contributed by atoms with van der Waals surface area (Å²) in [5.74, 6) is -0.414. The highest BCUT2D eigenvalue weighted by Gasteiger charge is 2.34. The van der Waals surface area contributed by atoms with Crippen molar-refractivity contribution in [3.63, 3.8) is 0 Å². The number of nitrogens with zero attached hydrogens (tertiary/aromatic N) is 3. The molecule has 6 rings (SSSR count). The Labute approximate surface area is 302 Å². The minimum atomic E-state index is -0.686. The predicted octanol–water partition coefficient (Wildman–Crippen LogP) is 5.78. The maximum absolute atomic E-state index is 12.8. The molecule has 272 valence electrons. The smallest absolute Gasteiger partial charge is 0.269 e. The number of nitro benzene ring substituents is 1. The molecule has 2 aliphatic rings. The Morgan fingerprint density at radius 1 is 0.846 bits per heavy atom. The first-order valence-electron chi connectivity index (χ1n) is 17.5. The molecule has 52 heavy (non-hydrogen) atoms. The lowest BCUT2D eigenvalue weighted by molar-refractivity contribution is -0.384. The number of hydrogen-bond acceptors (Lipinski definition) is 10. The van der Waals surface area contributed by atoms with Crippen LogP contribution in [0.3, 0.4) is 0 Å². The third kappa shape index (κ3) is 9.70. The van der Waals surface area contributed by atoms with Crippen molar-refractivity contribution in [2.45, 2.75) is 50.8 Å². The lowest BCUT2D eigenvalue weighted by Crippen LogP contribution is -2.49. The van der Waals surface area contributed by atoms with E-state index in [4.69, 9.17) is 15.2 Å². The van der Waals surface area contributed by atoms with Crippen molar-refractivity contribution in [1.82, 2.24) is 4.90 Å². The Hall–Kier alpha value is -5.34. The number of anilines is 4. The van der Waals surface area contributed by atoms with E-state index in [-0.39, 0.29) is 54.1 Å². The van der Waals surface area contributed by atoms with Crippen LogP contribution in [0.25, 0.3) is 0 Å². The SMILES string of the molecule is Nc1ccccc1NC(=O)CCCC(=O)Nc1cccc([C@@H]2O[C@H](CN3CCN(c4ccc([N+](=O)[O-])cc4)CC3)C[C@H](c3ccc(CO)cc3)O2)c1. The van der Waals surface area contributed by atoms with Gasteiger partial charge in [0.05, 0.1) is 35.1 Å². The molecule has 4 aromatic carbocycles. The summed E-state index contributed by atoms with van der Waals surface area (Å²) in [7, 11) is 0. The van der Waals surface area contributed by atoms with Crippen LogP contribution in [0.5, 0.6) is 0 Å².